The van der Waals surface area contributed by atoms with Gasteiger partial charge in [0.2, 0.25) is 0 Å². The van der Waals surface area contributed by atoms with Crippen molar-refractivity contribution in [3.05, 3.63) is 0 Å². The van der Waals surface area contributed by atoms with Crippen molar-refractivity contribution in [1.82, 2.24) is 0 Å². The number of alkyl halides is 3. The molecule has 0 saturated heterocycles. The van der Waals surface area contributed by atoms with E-state index >= 15 is 0 Å². The minimum atomic E-state index is -1.20. The highest BCUT2D eigenvalue weighted by molar-refractivity contribution is 9.09. The van der Waals surface area contributed by atoms with Gasteiger partial charge in [0.1, 0.15) is 16.5 Å². The Balaban J connectivity index is 3.30. The lowest BCUT2D eigenvalue weighted by Crippen LogP contribution is -1.90. The van der Waals surface area contributed by atoms with Gasteiger partial charge in [0.25, 0.3) is 0 Å². The molecule has 0 amide bonds. The van der Waals surface area contributed by atoms with Crippen LogP contribution in [0.5, 0.6) is 0 Å². The molecule has 62 valence electrons. The Bertz CT molecular complexity index is 61.7. The third kappa shape index (κ3) is 6.46. The normalized spacial score (nSPS) is 10.8. The summed E-state index contributed by atoms with van der Waals surface area (Å²) in [7, 11) is -1.20. The lowest BCUT2D eigenvalue weighted by molar-refractivity contribution is 0.224. The van der Waals surface area contributed by atoms with E-state index in [9.17, 15) is 0 Å². The van der Waals surface area contributed by atoms with Gasteiger partial charge in [-0.15, -0.1) is 0 Å². The average molecular weight is 361 g/mol. The van der Waals surface area contributed by atoms with Crippen molar-refractivity contribution < 1.29 is 13.6 Å². The molecule has 0 saturated carbocycles. The first-order valence-corrected chi connectivity index (χ1v) is 6.68. The van der Waals surface area contributed by atoms with Gasteiger partial charge in [-0.1, -0.05) is 47.8 Å². The fraction of sp³-hybridized carbons (Fsp3) is 1.00. The Kier molecular flexibility index (Phi) is 10.4. The standard InChI is InChI=1S/C3H6Br3O3P/c4-1-7-10(8-2-5)9-3-6/h1-3H2. The molecule has 0 rings (SSSR count). The predicted octanol–water partition coefficient (Wildman–Crippen LogP) is 3.32. The summed E-state index contributed by atoms with van der Waals surface area (Å²) in [5.74, 6) is 0. The highest BCUT2D eigenvalue weighted by Gasteiger charge is 2.09. The van der Waals surface area contributed by atoms with Gasteiger partial charge < -0.3 is 13.6 Å². The largest absolute Gasteiger partial charge is 0.335 e. The molecule has 0 aliphatic rings. The van der Waals surface area contributed by atoms with E-state index in [2.05, 4.69) is 47.8 Å². The molecule has 10 heavy (non-hydrogen) atoms. The Labute approximate surface area is 86.2 Å². The summed E-state index contributed by atoms with van der Waals surface area (Å²) in [4.78, 5) is 0. The Morgan fingerprint density at radius 2 is 1.10 bits per heavy atom. The maximum atomic E-state index is 5.00. The van der Waals surface area contributed by atoms with Crippen molar-refractivity contribution in [3.8, 4) is 0 Å². The van der Waals surface area contributed by atoms with Gasteiger partial charge in [-0.25, -0.2) is 0 Å². The molecule has 0 aromatic carbocycles. The molecular formula is C3H6Br3O3P. The van der Waals surface area contributed by atoms with Crippen LogP contribution >= 0.6 is 56.4 Å². The smallest absolute Gasteiger partial charge is 0.301 e. The molecule has 0 spiro atoms. The minimum absolute atomic E-state index is 0.415. The zero-order valence-electron chi connectivity index (χ0n) is 4.93. The number of hydrogen-bond donors (Lipinski definition) is 0. The first-order chi connectivity index (χ1) is 4.85. The molecule has 0 unspecified atom stereocenters. The van der Waals surface area contributed by atoms with Gasteiger partial charge in [-0.05, 0) is 0 Å². The second-order valence-electron chi connectivity index (χ2n) is 0.938. The molecule has 7 heteroatoms. The quantitative estimate of drug-likeness (QED) is 0.537. The lowest BCUT2D eigenvalue weighted by Gasteiger charge is -2.11. The van der Waals surface area contributed by atoms with E-state index in [0.717, 1.165) is 0 Å². The summed E-state index contributed by atoms with van der Waals surface area (Å²) in [6.07, 6.45) is 0. The van der Waals surface area contributed by atoms with Crippen LogP contribution in [0.15, 0.2) is 0 Å². The minimum Gasteiger partial charge on any atom is -0.301 e. The van der Waals surface area contributed by atoms with Gasteiger partial charge in [-0.2, -0.15) is 0 Å². The van der Waals surface area contributed by atoms with Crippen LogP contribution in [0.3, 0.4) is 0 Å². The zero-order valence-corrected chi connectivity index (χ0v) is 10.6. The fourth-order valence-corrected chi connectivity index (χ4v) is 2.20. The lowest BCUT2D eigenvalue weighted by atomic mass is 11.8. The molecule has 0 bridgehead atoms. The van der Waals surface area contributed by atoms with Crippen LogP contribution in [0.25, 0.3) is 0 Å². The summed E-state index contributed by atoms with van der Waals surface area (Å²) in [6.45, 7) is 0. The molecule has 0 aliphatic heterocycles. The molecule has 3 nitrogen and oxygen atoms in total. The second kappa shape index (κ2) is 8.84. The first-order valence-electron chi connectivity index (χ1n) is 2.22. The van der Waals surface area contributed by atoms with E-state index in [0.29, 0.717) is 16.5 Å². The maximum absolute atomic E-state index is 5.00. The van der Waals surface area contributed by atoms with Crippen LogP contribution in [-0.2, 0) is 13.6 Å². The van der Waals surface area contributed by atoms with Gasteiger partial charge in [0, 0.05) is 0 Å². The zero-order chi connectivity index (χ0) is 7.82. The van der Waals surface area contributed by atoms with Gasteiger partial charge in [0.15, 0.2) is 0 Å². The highest BCUT2D eigenvalue weighted by atomic mass is 79.9. The number of hydrogen-bond acceptors (Lipinski definition) is 3. The van der Waals surface area contributed by atoms with Crippen molar-refractivity contribution in [2.24, 2.45) is 0 Å². The predicted molar refractivity (Wildman–Crippen MR) is 51.6 cm³/mol. The molecule has 0 atom stereocenters. The van der Waals surface area contributed by atoms with Crippen LogP contribution in [0.2, 0.25) is 0 Å². The first kappa shape index (κ1) is 11.8. The van der Waals surface area contributed by atoms with E-state index in [1.165, 1.54) is 0 Å². The van der Waals surface area contributed by atoms with Crippen molar-refractivity contribution in [1.29, 1.82) is 0 Å². The highest BCUT2D eigenvalue weighted by Crippen LogP contribution is 2.40. The van der Waals surface area contributed by atoms with Gasteiger partial charge in [0.05, 0.1) is 0 Å². The second-order valence-corrected chi connectivity index (χ2v) is 3.53. The number of halogens is 3. The molecule has 0 heterocycles. The van der Waals surface area contributed by atoms with Crippen LogP contribution in [-0.4, -0.2) is 16.5 Å². The summed E-state index contributed by atoms with van der Waals surface area (Å²) in [5.41, 5.74) is 1.25. The van der Waals surface area contributed by atoms with Crippen LogP contribution < -0.4 is 0 Å². The van der Waals surface area contributed by atoms with Crippen LogP contribution in [0.4, 0.5) is 0 Å². The van der Waals surface area contributed by atoms with Gasteiger partial charge >= 0.3 is 8.60 Å². The summed E-state index contributed by atoms with van der Waals surface area (Å²) < 4.78 is 15.0. The van der Waals surface area contributed by atoms with E-state index in [-0.39, 0.29) is 0 Å². The maximum Gasteiger partial charge on any atom is 0.335 e. The van der Waals surface area contributed by atoms with E-state index in [1.54, 1.807) is 0 Å². The molecule has 0 N–H and O–H groups in total. The Morgan fingerprint density at radius 3 is 1.30 bits per heavy atom. The topological polar surface area (TPSA) is 27.7 Å². The van der Waals surface area contributed by atoms with Crippen molar-refractivity contribution in [2.45, 2.75) is 0 Å². The summed E-state index contributed by atoms with van der Waals surface area (Å²) in [5, 5.41) is 0. The van der Waals surface area contributed by atoms with Gasteiger partial charge in [-0.3, -0.25) is 0 Å². The molecule has 0 aromatic rings. The van der Waals surface area contributed by atoms with Crippen molar-refractivity contribution in [2.75, 3.05) is 16.5 Å². The van der Waals surface area contributed by atoms with Crippen molar-refractivity contribution >= 4 is 56.4 Å². The SMILES string of the molecule is BrCOP(OCBr)OCBr. The summed E-state index contributed by atoms with van der Waals surface area (Å²) >= 11 is 9.28. The summed E-state index contributed by atoms with van der Waals surface area (Å²) in [6, 6.07) is 0. The molecule has 0 aromatic heterocycles. The number of rotatable bonds is 6. The van der Waals surface area contributed by atoms with Crippen molar-refractivity contribution in [3.63, 3.8) is 0 Å². The van der Waals surface area contributed by atoms with E-state index in [4.69, 9.17) is 13.6 Å². The Hall–Kier alpha value is 1.75. The van der Waals surface area contributed by atoms with E-state index in [1.807, 2.05) is 0 Å². The molecule has 0 radical (unpaired) electrons. The fourth-order valence-electron chi connectivity index (χ4n) is 0.231. The van der Waals surface area contributed by atoms with Crippen LogP contribution in [0.1, 0.15) is 0 Å². The van der Waals surface area contributed by atoms with Crippen LogP contribution in [0, 0.1) is 0 Å². The average Bonchev–Trinajstić information content (AvgIpc) is 1.90. The Morgan fingerprint density at radius 1 is 0.800 bits per heavy atom. The third-order valence-electron chi connectivity index (χ3n) is 0.463. The monoisotopic (exact) mass is 358 g/mol. The third-order valence-corrected chi connectivity index (χ3v) is 3.23. The van der Waals surface area contributed by atoms with E-state index < -0.39 is 8.60 Å². The molecular weight excluding hydrogens is 355 g/mol. The molecule has 0 fully saturated rings. The molecule has 0 aliphatic carbocycles.